The van der Waals surface area contributed by atoms with E-state index in [1.54, 1.807) is 5.57 Å². The maximum atomic E-state index is 13.7. The Bertz CT molecular complexity index is 841. The fraction of sp³-hybridized carbons (Fsp3) is 0.909. The summed E-state index contributed by atoms with van der Waals surface area (Å²) >= 11 is 0. The summed E-state index contributed by atoms with van der Waals surface area (Å²) in [7, 11) is 0. The van der Waals surface area contributed by atoms with Gasteiger partial charge in [-0.2, -0.15) is 0 Å². The molecule has 0 N–H and O–H groups in total. The van der Waals surface area contributed by atoms with Crippen molar-refractivity contribution < 1.29 is 4.79 Å². The van der Waals surface area contributed by atoms with E-state index >= 15 is 0 Å². The molecule has 0 aromatic carbocycles. The van der Waals surface area contributed by atoms with Gasteiger partial charge in [-0.25, -0.2) is 0 Å². The van der Waals surface area contributed by atoms with Crippen LogP contribution < -0.4 is 0 Å². The Morgan fingerprint density at radius 1 is 0.971 bits per heavy atom. The van der Waals surface area contributed by atoms with Crippen molar-refractivity contribution in [3.8, 4) is 0 Å². The lowest BCUT2D eigenvalue weighted by atomic mass is 9.41. The topological polar surface area (TPSA) is 17.1 Å². The number of hydrogen-bond donors (Lipinski definition) is 0. The molecule has 4 rings (SSSR count). The van der Waals surface area contributed by atoms with Crippen molar-refractivity contribution in [3.63, 3.8) is 0 Å². The molecule has 0 aromatic heterocycles. The van der Waals surface area contributed by atoms with Crippen LogP contribution in [0.2, 0.25) is 0 Å². The van der Waals surface area contributed by atoms with Crippen LogP contribution in [0, 0.1) is 62.6 Å². The van der Waals surface area contributed by atoms with Gasteiger partial charge in [0.2, 0.25) is 0 Å². The van der Waals surface area contributed by atoms with Crippen LogP contribution in [0.25, 0.3) is 0 Å². The lowest BCUT2D eigenvalue weighted by molar-refractivity contribution is -0.134. The van der Waals surface area contributed by atoms with Crippen LogP contribution in [0.15, 0.2) is 11.6 Å². The van der Waals surface area contributed by atoms with Crippen LogP contribution in [0.3, 0.4) is 0 Å². The molecule has 1 unspecified atom stereocenters. The van der Waals surface area contributed by atoms with Crippen molar-refractivity contribution >= 4 is 5.78 Å². The summed E-state index contributed by atoms with van der Waals surface area (Å²) in [6.07, 6.45) is 12.4. The molecule has 0 spiro atoms. The lowest BCUT2D eigenvalue weighted by Gasteiger charge is -2.62. The number of hydrogen-bond acceptors (Lipinski definition) is 1. The molecule has 0 saturated heterocycles. The predicted molar refractivity (Wildman–Crippen MR) is 146 cm³/mol. The predicted octanol–water partition coefficient (Wildman–Crippen LogP) is 9.51. The first-order valence-corrected chi connectivity index (χ1v) is 14.7. The van der Waals surface area contributed by atoms with Gasteiger partial charge in [0, 0.05) is 5.92 Å². The maximum Gasteiger partial charge on any atom is 0.159 e. The second-order valence-corrected chi connectivity index (χ2v) is 16.2. The molecule has 4 aliphatic rings. The Morgan fingerprint density at radius 2 is 1.62 bits per heavy atom. The average Bonchev–Trinajstić information content (AvgIpc) is 3.00. The molecule has 0 amide bonds. The second kappa shape index (κ2) is 8.21. The number of rotatable bonds is 4. The fourth-order valence-corrected chi connectivity index (χ4v) is 9.82. The van der Waals surface area contributed by atoms with Gasteiger partial charge in [0.1, 0.15) is 0 Å². The van der Waals surface area contributed by atoms with Crippen LogP contribution in [-0.2, 0) is 4.79 Å². The number of allylic oxidation sites excluding steroid dienone is 2. The Labute approximate surface area is 212 Å². The standard InChI is InChI=1S/C33H56O/c1-21-18-26-27(34)19-25-24(31(26,9)20-22(21)2)13-16-33(11)28(14-17-32(25,33)10)30(7,8)23(3)12-15-29(4,5)6/h19,21-24,26,28H,12-18,20H2,1-11H3/t21-,22+,23-,24?,26+,28-,31-,32+,33-/m1/s1. The molecule has 3 saturated carbocycles. The minimum absolute atomic E-state index is 0.172. The molecule has 0 radical (unpaired) electrons. The van der Waals surface area contributed by atoms with E-state index in [9.17, 15) is 4.79 Å². The van der Waals surface area contributed by atoms with E-state index in [-0.39, 0.29) is 16.7 Å². The minimum atomic E-state index is 0.172. The van der Waals surface area contributed by atoms with Gasteiger partial charge in [0.05, 0.1) is 0 Å². The molecular formula is C33H56O. The summed E-state index contributed by atoms with van der Waals surface area (Å²) in [6, 6.07) is 0. The van der Waals surface area contributed by atoms with E-state index in [1.807, 2.05) is 0 Å². The zero-order valence-corrected chi connectivity index (χ0v) is 24.6. The van der Waals surface area contributed by atoms with Crippen LogP contribution in [-0.4, -0.2) is 5.78 Å². The van der Waals surface area contributed by atoms with E-state index in [4.69, 9.17) is 0 Å². The summed E-state index contributed by atoms with van der Waals surface area (Å²) in [4.78, 5) is 13.7. The zero-order valence-electron chi connectivity index (χ0n) is 24.6. The van der Waals surface area contributed by atoms with Gasteiger partial charge >= 0.3 is 0 Å². The first-order chi connectivity index (χ1) is 15.5. The van der Waals surface area contributed by atoms with E-state index in [2.05, 4.69) is 82.2 Å². The monoisotopic (exact) mass is 468 g/mol. The molecule has 0 heterocycles. The Morgan fingerprint density at radius 3 is 2.24 bits per heavy atom. The first kappa shape index (κ1) is 26.5. The summed E-state index contributed by atoms with van der Waals surface area (Å²) in [5.74, 6) is 4.20. The third-order valence-electron chi connectivity index (χ3n) is 13.0. The molecule has 0 aromatic rings. The van der Waals surface area contributed by atoms with Crippen LogP contribution in [0.1, 0.15) is 128 Å². The average molecular weight is 469 g/mol. The highest BCUT2D eigenvalue weighted by Gasteiger charge is 2.66. The molecule has 9 atom stereocenters. The quantitative estimate of drug-likeness (QED) is 0.401. The number of ketones is 1. The minimum Gasteiger partial charge on any atom is -0.295 e. The largest absolute Gasteiger partial charge is 0.295 e. The number of fused-ring (bicyclic) bond motifs is 5. The van der Waals surface area contributed by atoms with Crippen LogP contribution >= 0.6 is 0 Å². The summed E-state index contributed by atoms with van der Waals surface area (Å²) in [6.45, 7) is 27.4. The summed E-state index contributed by atoms with van der Waals surface area (Å²) < 4.78 is 0. The third kappa shape index (κ3) is 3.80. The summed E-state index contributed by atoms with van der Waals surface area (Å²) in [5.41, 5.74) is 2.96. The molecule has 1 heteroatoms. The van der Waals surface area contributed by atoms with Crippen molar-refractivity contribution in [3.05, 3.63) is 11.6 Å². The van der Waals surface area contributed by atoms with Crippen molar-refractivity contribution in [1.82, 2.24) is 0 Å². The van der Waals surface area contributed by atoms with Crippen molar-refractivity contribution in [2.45, 2.75) is 128 Å². The molecule has 1 nitrogen and oxygen atoms in total. The Kier molecular flexibility index (Phi) is 6.39. The maximum absolute atomic E-state index is 13.7. The highest BCUT2D eigenvalue weighted by Crippen LogP contribution is 2.74. The normalized spacial score (nSPS) is 45.8. The molecule has 194 valence electrons. The summed E-state index contributed by atoms with van der Waals surface area (Å²) in [5, 5.41) is 0. The van der Waals surface area contributed by atoms with Crippen LogP contribution in [0.4, 0.5) is 0 Å². The van der Waals surface area contributed by atoms with E-state index in [1.165, 1.54) is 44.9 Å². The molecular weight excluding hydrogens is 412 g/mol. The molecule has 0 aliphatic heterocycles. The first-order valence-electron chi connectivity index (χ1n) is 14.7. The van der Waals surface area contributed by atoms with Crippen molar-refractivity contribution in [2.75, 3.05) is 0 Å². The Balaban J connectivity index is 1.66. The van der Waals surface area contributed by atoms with E-state index in [0.29, 0.717) is 33.9 Å². The van der Waals surface area contributed by atoms with Crippen molar-refractivity contribution in [2.24, 2.45) is 62.6 Å². The third-order valence-corrected chi connectivity index (χ3v) is 13.0. The molecule has 3 fully saturated rings. The number of carbonyl (C=O) groups excluding carboxylic acids is 1. The molecule has 34 heavy (non-hydrogen) atoms. The second-order valence-electron chi connectivity index (χ2n) is 16.2. The van der Waals surface area contributed by atoms with Gasteiger partial charge in [-0.3, -0.25) is 4.79 Å². The van der Waals surface area contributed by atoms with Crippen LogP contribution in [0.5, 0.6) is 0 Å². The Hall–Kier alpha value is -0.590. The van der Waals surface area contributed by atoms with Gasteiger partial charge in [-0.05, 0) is 114 Å². The van der Waals surface area contributed by atoms with Crippen molar-refractivity contribution in [1.29, 1.82) is 0 Å². The molecule has 0 bridgehead atoms. The van der Waals surface area contributed by atoms with E-state index < -0.39 is 0 Å². The van der Waals surface area contributed by atoms with E-state index in [0.717, 1.165) is 24.2 Å². The van der Waals surface area contributed by atoms with Gasteiger partial charge in [-0.1, -0.05) is 81.7 Å². The zero-order chi connectivity index (χ0) is 25.5. The van der Waals surface area contributed by atoms with Gasteiger partial charge in [0.15, 0.2) is 5.78 Å². The van der Waals surface area contributed by atoms with Gasteiger partial charge in [0.25, 0.3) is 0 Å². The SMILES string of the molecule is C[C@@H]1C[C@H]2C(=O)C=C3C(CC[C@]4(C)[C@@H](C(C)(C)[C@H](C)CCC(C)(C)C)CC[C@@]34C)[C@@]2(C)C[C@@H]1C. The van der Waals surface area contributed by atoms with Gasteiger partial charge in [-0.15, -0.1) is 0 Å². The highest BCUT2D eigenvalue weighted by molar-refractivity contribution is 5.94. The lowest BCUT2D eigenvalue weighted by Crippen LogP contribution is -2.56. The molecule has 4 aliphatic carbocycles. The highest BCUT2D eigenvalue weighted by atomic mass is 16.1. The smallest absolute Gasteiger partial charge is 0.159 e. The number of carbonyl (C=O) groups is 1. The van der Waals surface area contributed by atoms with Gasteiger partial charge < -0.3 is 0 Å². The fourth-order valence-electron chi connectivity index (χ4n) is 9.82.